The van der Waals surface area contributed by atoms with Gasteiger partial charge >= 0.3 is 5.97 Å². The summed E-state index contributed by atoms with van der Waals surface area (Å²) < 4.78 is 4.57. The van der Waals surface area contributed by atoms with Gasteiger partial charge in [0.15, 0.2) is 0 Å². The summed E-state index contributed by atoms with van der Waals surface area (Å²) in [4.78, 5) is 12.9. The van der Waals surface area contributed by atoms with Crippen LogP contribution in [0.4, 0.5) is 5.69 Å². The van der Waals surface area contributed by atoms with Gasteiger partial charge in [-0.1, -0.05) is 11.6 Å². The van der Waals surface area contributed by atoms with Crippen LogP contribution in [0, 0.1) is 0 Å². The fourth-order valence-electron chi connectivity index (χ4n) is 1.19. The molecular formula is C11H14ClNO2. The van der Waals surface area contributed by atoms with Gasteiger partial charge in [0.25, 0.3) is 0 Å². The predicted octanol–water partition coefficient (Wildman–Crippen LogP) is 2.34. The maximum Gasteiger partial charge on any atom is 0.307 e. The van der Waals surface area contributed by atoms with E-state index in [0.29, 0.717) is 18.0 Å². The van der Waals surface area contributed by atoms with Crippen molar-refractivity contribution < 1.29 is 9.53 Å². The molecule has 1 aromatic rings. The molecule has 0 bridgehead atoms. The number of hydrogen-bond acceptors (Lipinski definition) is 3. The molecule has 0 saturated carbocycles. The van der Waals surface area contributed by atoms with Gasteiger partial charge in [-0.3, -0.25) is 4.79 Å². The number of hydrogen-bond donors (Lipinski definition) is 0. The molecule has 0 aromatic heterocycles. The summed E-state index contributed by atoms with van der Waals surface area (Å²) in [5.74, 6) is -0.198. The molecule has 0 spiro atoms. The zero-order valence-electron chi connectivity index (χ0n) is 8.87. The number of carbonyl (C=O) groups excluding carboxylic acids is 1. The maximum absolute atomic E-state index is 10.9. The highest BCUT2D eigenvalue weighted by Gasteiger charge is 2.04. The number of esters is 1. The van der Waals surface area contributed by atoms with Crippen molar-refractivity contribution in [2.24, 2.45) is 0 Å². The molecule has 0 aliphatic rings. The Morgan fingerprint density at radius 2 is 2.00 bits per heavy atom. The Bertz CT molecular complexity index is 324. The molecule has 82 valence electrons. The summed E-state index contributed by atoms with van der Waals surface area (Å²) in [5, 5.41) is 0.708. The van der Waals surface area contributed by atoms with Crippen LogP contribution in [0.25, 0.3) is 0 Å². The summed E-state index contributed by atoms with van der Waals surface area (Å²) >= 11 is 5.77. The summed E-state index contributed by atoms with van der Waals surface area (Å²) in [6, 6.07) is 7.48. The van der Waals surface area contributed by atoms with Crippen molar-refractivity contribution in [3.05, 3.63) is 29.3 Å². The van der Waals surface area contributed by atoms with Gasteiger partial charge in [0.2, 0.25) is 0 Å². The molecule has 0 saturated heterocycles. The van der Waals surface area contributed by atoms with Crippen LogP contribution in [0.5, 0.6) is 0 Å². The van der Waals surface area contributed by atoms with Crippen molar-refractivity contribution in [2.75, 3.05) is 25.6 Å². The van der Waals surface area contributed by atoms with Crippen LogP contribution in [0.3, 0.4) is 0 Å². The zero-order valence-corrected chi connectivity index (χ0v) is 9.62. The number of anilines is 1. The van der Waals surface area contributed by atoms with Gasteiger partial charge in [0, 0.05) is 24.3 Å². The smallest absolute Gasteiger partial charge is 0.307 e. The van der Waals surface area contributed by atoms with E-state index in [0.717, 1.165) is 5.69 Å². The van der Waals surface area contributed by atoms with Crippen molar-refractivity contribution in [1.82, 2.24) is 0 Å². The lowest BCUT2D eigenvalue weighted by atomic mass is 10.3. The van der Waals surface area contributed by atoms with Crippen molar-refractivity contribution in [2.45, 2.75) is 6.42 Å². The van der Waals surface area contributed by atoms with Gasteiger partial charge in [-0.05, 0) is 24.3 Å². The topological polar surface area (TPSA) is 29.5 Å². The number of carbonyl (C=O) groups is 1. The summed E-state index contributed by atoms with van der Waals surface area (Å²) in [5.41, 5.74) is 1.03. The third-order valence-electron chi connectivity index (χ3n) is 2.15. The first-order valence-electron chi connectivity index (χ1n) is 4.67. The number of rotatable bonds is 4. The van der Waals surface area contributed by atoms with E-state index < -0.39 is 0 Å². The van der Waals surface area contributed by atoms with Crippen molar-refractivity contribution in [3.63, 3.8) is 0 Å². The van der Waals surface area contributed by atoms with Crippen LogP contribution in [0.2, 0.25) is 5.02 Å². The Labute approximate surface area is 94.6 Å². The number of methoxy groups -OCH3 is 1. The summed E-state index contributed by atoms with van der Waals surface area (Å²) in [6.45, 7) is 0.633. The Hall–Kier alpha value is -1.22. The van der Waals surface area contributed by atoms with Crippen LogP contribution in [0.15, 0.2) is 24.3 Å². The molecule has 4 heteroatoms. The van der Waals surface area contributed by atoms with Gasteiger partial charge in [0.05, 0.1) is 13.5 Å². The molecule has 3 nitrogen and oxygen atoms in total. The Kier molecular flexibility index (Phi) is 4.43. The molecule has 0 heterocycles. The van der Waals surface area contributed by atoms with Crippen LogP contribution in [-0.4, -0.2) is 26.7 Å². The highest BCUT2D eigenvalue weighted by molar-refractivity contribution is 6.30. The van der Waals surface area contributed by atoms with E-state index in [2.05, 4.69) is 4.74 Å². The summed E-state index contributed by atoms with van der Waals surface area (Å²) in [6.07, 6.45) is 0.385. The van der Waals surface area contributed by atoms with Gasteiger partial charge in [-0.15, -0.1) is 0 Å². The lowest BCUT2D eigenvalue weighted by Gasteiger charge is -2.18. The summed E-state index contributed by atoms with van der Waals surface area (Å²) in [7, 11) is 3.32. The van der Waals surface area contributed by atoms with Gasteiger partial charge in [-0.2, -0.15) is 0 Å². The molecule has 15 heavy (non-hydrogen) atoms. The molecule has 0 atom stereocenters. The molecule has 0 unspecified atom stereocenters. The second-order valence-electron chi connectivity index (χ2n) is 3.22. The van der Waals surface area contributed by atoms with E-state index in [1.165, 1.54) is 7.11 Å². The fourth-order valence-corrected chi connectivity index (χ4v) is 1.31. The maximum atomic E-state index is 10.9. The fraction of sp³-hybridized carbons (Fsp3) is 0.364. The molecular weight excluding hydrogens is 214 g/mol. The normalized spacial score (nSPS) is 9.80. The van der Waals surface area contributed by atoms with Crippen LogP contribution >= 0.6 is 11.6 Å². The average molecular weight is 228 g/mol. The molecule has 0 radical (unpaired) electrons. The Morgan fingerprint density at radius 3 is 2.53 bits per heavy atom. The SMILES string of the molecule is COC(=O)CCN(C)c1ccc(Cl)cc1. The first-order valence-corrected chi connectivity index (χ1v) is 5.05. The van der Waals surface area contributed by atoms with Crippen molar-refractivity contribution >= 4 is 23.3 Å². The van der Waals surface area contributed by atoms with E-state index >= 15 is 0 Å². The standard InChI is InChI=1S/C11H14ClNO2/c1-13(8-7-11(14)15-2)10-5-3-9(12)4-6-10/h3-6H,7-8H2,1-2H3. The number of benzene rings is 1. The van der Waals surface area contributed by atoms with Crippen LogP contribution < -0.4 is 4.90 Å². The molecule has 0 amide bonds. The quantitative estimate of drug-likeness (QED) is 0.740. The second kappa shape index (κ2) is 5.61. The van der Waals surface area contributed by atoms with E-state index in [1.54, 1.807) is 0 Å². The molecule has 1 rings (SSSR count). The second-order valence-corrected chi connectivity index (χ2v) is 3.66. The third-order valence-corrected chi connectivity index (χ3v) is 2.40. The Balaban J connectivity index is 2.50. The molecule has 0 aliphatic carbocycles. The first-order chi connectivity index (χ1) is 7.13. The van der Waals surface area contributed by atoms with E-state index in [-0.39, 0.29) is 5.97 Å². The van der Waals surface area contributed by atoms with Gasteiger partial charge in [-0.25, -0.2) is 0 Å². The van der Waals surface area contributed by atoms with Crippen LogP contribution in [0.1, 0.15) is 6.42 Å². The Morgan fingerprint density at radius 1 is 1.40 bits per heavy atom. The largest absolute Gasteiger partial charge is 0.469 e. The van der Waals surface area contributed by atoms with E-state index in [1.807, 2.05) is 36.2 Å². The molecule has 1 aromatic carbocycles. The van der Waals surface area contributed by atoms with Gasteiger partial charge < -0.3 is 9.64 Å². The number of ether oxygens (including phenoxy) is 1. The predicted molar refractivity (Wildman–Crippen MR) is 61.4 cm³/mol. The highest BCUT2D eigenvalue weighted by Crippen LogP contribution is 2.16. The minimum Gasteiger partial charge on any atom is -0.469 e. The minimum atomic E-state index is -0.198. The lowest BCUT2D eigenvalue weighted by Crippen LogP contribution is -2.21. The third kappa shape index (κ3) is 3.80. The van der Waals surface area contributed by atoms with E-state index in [4.69, 9.17) is 11.6 Å². The highest BCUT2D eigenvalue weighted by atomic mass is 35.5. The van der Waals surface area contributed by atoms with Crippen molar-refractivity contribution in [3.8, 4) is 0 Å². The van der Waals surface area contributed by atoms with E-state index in [9.17, 15) is 4.79 Å². The zero-order chi connectivity index (χ0) is 11.3. The monoisotopic (exact) mass is 227 g/mol. The lowest BCUT2D eigenvalue weighted by molar-refractivity contribution is -0.140. The van der Waals surface area contributed by atoms with Crippen molar-refractivity contribution in [1.29, 1.82) is 0 Å². The molecule has 0 aliphatic heterocycles. The minimum absolute atomic E-state index is 0.198. The van der Waals surface area contributed by atoms with Gasteiger partial charge in [0.1, 0.15) is 0 Å². The molecule has 0 fully saturated rings. The molecule has 0 N–H and O–H groups in total. The number of nitrogens with zero attached hydrogens (tertiary/aromatic N) is 1. The average Bonchev–Trinajstić information content (AvgIpc) is 2.26. The first kappa shape index (κ1) is 11.9. The number of halogens is 1. The van der Waals surface area contributed by atoms with Crippen LogP contribution in [-0.2, 0) is 9.53 Å².